The van der Waals surface area contributed by atoms with Crippen LogP contribution >= 0.6 is 0 Å². The van der Waals surface area contributed by atoms with E-state index >= 15 is 0 Å². The fraction of sp³-hybridized carbons (Fsp3) is 0.500. The first-order valence-electron chi connectivity index (χ1n) is 7.69. The summed E-state index contributed by atoms with van der Waals surface area (Å²) in [4.78, 5) is 18.7. The molecule has 0 bridgehead atoms. The number of aromatic nitrogens is 3. The molecule has 1 fully saturated rings. The van der Waals surface area contributed by atoms with Crippen molar-refractivity contribution in [2.45, 2.75) is 31.9 Å². The van der Waals surface area contributed by atoms with Crippen molar-refractivity contribution in [2.75, 3.05) is 20.3 Å². The number of H-pyrrole nitrogens is 1. The van der Waals surface area contributed by atoms with Crippen molar-refractivity contribution in [1.82, 2.24) is 14.5 Å². The molecule has 0 spiro atoms. The highest BCUT2D eigenvalue weighted by molar-refractivity contribution is 5.40. The van der Waals surface area contributed by atoms with Crippen LogP contribution in [-0.4, -0.2) is 41.0 Å². The van der Waals surface area contributed by atoms with Gasteiger partial charge in [0.1, 0.15) is 6.10 Å². The standard InChI is InChI=1S/C16H21N3O4/c1-11(9-19-5-4-17-16(19)20)13-7-14(15(21-2)8-18-13)23-12-3-6-22-10-12/h4-5,7-8,11-12H,3,6,9-10H2,1-2H3,(H,17,20). The van der Waals surface area contributed by atoms with Crippen molar-refractivity contribution in [2.24, 2.45) is 0 Å². The number of aromatic amines is 1. The molecule has 3 rings (SSSR count). The molecule has 3 heterocycles. The lowest BCUT2D eigenvalue weighted by Crippen LogP contribution is -2.20. The summed E-state index contributed by atoms with van der Waals surface area (Å²) in [5.41, 5.74) is 0.734. The molecule has 0 radical (unpaired) electrons. The average Bonchev–Trinajstić information content (AvgIpc) is 3.20. The maximum absolute atomic E-state index is 11.6. The summed E-state index contributed by atoms with van der Waals surface area (Å²) >= 11 is 0. The van der Waals surface area contributed by atoms with Gasteiger partial charge < -0.3 is 19.2 Å². The lowest BCUT2D eigenvalue weighted by Gasteiger charge is -2.17. The van der Waals surface area contributed by atoms with Crippen LogP contribution in [0.15, 0.2) is 29.5 Å². The van der Waals surface area contributed by atoms with Gasteiger partial charge in [-0.3, -0.25) is 9.55 Å². The predicted molar refractivity (Wildman–Crippen MR) is 84.1 cm³/mol. The number of hydrogen-bond donors (Lipinski definition) is 1. The summed E-state index contributed by atoms with van der Waals surface area (Å²) in [5, 5.41) is 0. The molecule has 0 aliphatic carbocycles. The molecule has 2 aromatic rings. The van der Waals surface area contributed by atoms with Crippen LogP contribution in [0.4, 0.5) is 0 Å². The van der Waals surface area contributed by atoms with E-state index in [9.17, 15) is 4.79 Å². The number of nitrogens with zero attached hydrogens (tertiary/aromatic N) is 2. The number of ether oxygens (including phenoxy) is 3. The maximum atomic E-state index is 11.6. The Morgan fingerprint density at radius 1 is 1.52 bits per heavy atom. The van der Waals surface area contributed by atoms with Gasteiger partial charge in [0.25, 0.3) is 0 Å². The third-order valence-electron chi connectivity index (χ3n) is 3.95. The van der Waals surface area contributed by atoms with Gasteiger partial charge in [-0.2, -0.15) is 0 Å². The zero-order valence-corrected chi connectivity index (χ0v) is 13.3. The van der Waals surface area contributed by atoms with Gasteiger partial charge in [-0.25, -0.2) is 4.79 Å². The molecule has 1 aliphatic rings. The van der Waals surface area contributed by atoms with Crippen LogP contribution in [-0.2, 0) is 11.3 Å². The van der Waals surface area contributed by atoms with E-state index in [0.29, 0.717) is 24.7 Å². The van der Waals surface area contributed by atoms with Gasteiger partial charge >= 0.3 is 5.69 Å². The van der Waals surface area contributed by atoms with E-state index in [-0.39, 0.29) is 17.7 Å². The summed E-state index contributed by atoms with van der Waals surface area (Å²) in [5.74, 6) is 1.34. The van der Waals surface area contributed by atoms with E-state index in [2.05, 4.69) is 9.97 Å². The van der Waals surface area contributed by atoms with Crippen molar-refractivity contribution in [3.63, 3.8) is 0 Å². The summed E-state index contributed by atoms with van der Waals surface area (Å²) in [7, 11) is 1.59. The minimum Gasteiger partial charge on any atom is -0.491 e. The number of hydrogen-bond acceptors (Lipinski definition) is 5. The molecule has 1 saturated heterocycles. The van der Waals surface area contributed by atoms with Crippen LogP contribution in [0.2, 0.25) is 0 Å². The molecule has 0 aromatic carbocycles. The minimum absolute atomic E-state index is 0.0433. The lowest BCUT2D eigenvalue weighted by atomic mass is 10.1. The zero-order valence-electron chi connectivity index (χ0n) is 13.3. The van der Waals surface area contributed by atoms with Crippen LogP contribution in [0.25, 0.3) is 0 Å². The Labute approximate surface area is 134 Å². The van der Waals surface area contributed by atoms with Crippen LogP contribution in [0.5, 0.6) is 11.5 Å². The van der Waals surface area contributed by atoms with E-state index in [4.69, 9.17) is 14.2 Å². The Balaban J connectivity index is 1.78. The number of pyridine rings is 1. The van der Waals surface area contributed by atoms with Gasteiger partial charge in [0, 0.05) is 43.0 Å². The molecular weight excluding hydrogens is 298 g/mol. The number of rotatable bonds is 6. The van der Waals surface area contributed by atoms with E-state index in [1.807, 2.05) is 13.0 Å². The van der Waals surface area contributed by atoms with Gasteiger partial charge in [-0.15, -0.1) is 0 Å². The maximum Gasteiger partial charge on any atom is 0.325 e. The molecule has 2 atom stereocenters. The fourth-order valence-corrected chi connectivity index (χ4v) is 2.62. The Hall–Kier alpha value is -2.28. The highest BCUT2D eigenvalue weighted by Crippen LogP contribution is 2.31. The van der Waals surface area contributed by atoms with Crippen LogP contribution < -0.4 is 15.2 Å². The van der Waals surface area contributed by atoms with E-state index < -0.39 is 0 Å². The molecule has 0 amide bonds. The first kappa shape index (κ1) is 15.6. The molecule has 7 nitrogen and oxygen atoms in total. The second-order valence-electron chi connectivity index (χ2n) is 5.68. The van der Waals surface area contributed by atoms with Crippen LogP contribution in [0.1, 0.15) is 25.0 Å². The van der Waals surface area contributed by atoms with Crippen molar-refractivity contribution in [3.8, 4) is 11.5 Å². The van der Waals surface area contributed by atoms with Gasteiger partial charge in [-0.1, -0.05) is 6.92 Å². The highest BCUT2D eigenvalue weighted by Gasteiger charge is 2.20. The molecule has 124 valence electrons. The van der Waals surface area contributed by atoms with Crippen LogP contribution in [0.3, 0.4) is 0 Å². The van der Waals surface area contributed by atoms with E-state index in [1.165, 1.54) is 0 Å². The molecule has 1 aliphatic heterocycles. The summed E-state index contributed by atoms with van der Waals surface area (Å²) in [6, 6.07) is 1.89. The smallest absolute Gasteiger partial charge is 0.325 e. The van der Waals surface area contributed by atoms with Crippen molar-refractivity contribution >= 4 is 0 Å². The number of imidazole rings is 1. The molecule has 0 saturated carbocycles. The second-order valence-corrected chi connectivity index (χ2v) is 5.68. The van der Waals surface area contributed by atoms with Gasteiger partial charge in [0.15, 0.2) is 11.5 Å². The average molecular weight is 319 g/mol. The van der Waals surface area contributed by atoms with Crippen molar-refractivity contribution in [1.29, 1.82) is 0 Å². The molecule has 1 N–H and O–H groups in total. The number of methoxy groups -OCH3 is 1. The predicted octanol–water partition coefficient (Wildman–Crippen LogP) is 1.55. The van der Waals surface area contributed by atoms with E-state index in [1.54, 1.807) is 30.3 Å². The van der Waals surface area contributed by atoms with E-state index in [0.717, 1.165) is 18.7 Å². The molecular formula is C16H21N3O4. The Kier molecular flexibility index (Phi) is 4.66. The summed E-state index contributed by atoms with van der Waals surface area (Å²) < 4.78 is 18.3. The Morgan fingerprint density at radius 2 is 2.39 bits per heavy atom. The largest absolute Gasteiger partial charge is 0.491 e. The van der Waals surface area contributed by atoms with Gasteiger partial charge in [-0.05, 0) is 0 Å². The highest BCUT2D eigenvalue weighted by atomic mass is 16.6. The summed E-state index contributed by atoms with van der Waals surface area (Å²) in [6.07, 6.45) is 5.94. The first-order valence-corrected chi connectivity index (χ1v) is 7.69. The molecule has 7 heteroatoms. The normalized spacial score (nSPS) is 18.8. The SMILES string of the molecule is COc1cnc(C(C)Cn2cc[nH]c2=O)cc1OC1CCOC1. The minimum atomic E-state index is -0.120. The number of nitrogens with one attached hydrogen (secondary N) is 1. The molecule has 23 heavy (non-hydrogen) atoms. The third kappa shape index (κ3) is 3.56. The van der Waals surface area contributed by atoms with Crippen LogP contribution in [0, 0.1) is 0 Å². The first-order chi connectivity index (χ1) is 11.2. The Morgan fingerprint density at radius 3 is 3.04 bits per heavy atom. The third-order valence-corrected chi connectivity index (χ3v) is 3.95. The molecule has 2 unspecified atom stereocenters. The monoisotopic (exact) mass is 319 g/mol. The second kappa shape index (κ2) is 6.87. The topological polar surface area (TPSA) is 78.4 Å². The fourth-order valence-electron chi connectivity index (χ4n) is 2.62. The molecule has 2 aromatic heterocycles. The lowest BCUT2D eigenvalue weighted by molar-refractivity contribution is 0.138. The Bertz CT molecular complexity index is 703. The van der Waals surface area contributed by atoms with Gasteiger partial charge in [0.2, 0.25) is 0 Å². The van der Waals surface area contributed by atoms with Crippen molar-refractivity contribution < 1.29 is 14.2 Å². The zero-order chi connectivity index (χ0) is 16.2. The summed E-state index contributed by atoms with van der Waals surface area (Å²) in [6.45, 7) is 3.89. The quantitative estimate of drug-likeness (QED) is 0.874. The van der Waals surface area contributed by atoms with Gasteiger partial charge in [0.05, 0.1) is 26.5 Å². The van der Waals surface area contributed by atoms with Crippen molar-refractivity contribution in [3.05, 3.63) is 40.8 Å².